The molecule has 18 heavy (non-hydrogen) atoms. The van der Waals surface area contributed by atoms with E-state index in [4.69, 9.17) is 9.90 Å². The van der Waals surface area contributed by atoms with E-state index in [0.29, 0.717) is 12.7 Å². The maximum atomic E-state index is 10.8. The Morgan fingerprint density at radius 1 is 1.17 bits per heavy atom. The highest BCUT2D eigenvalue weighted by molar-refractivity contribution is 5.89. The maximum Gasteiger partial charge on any atom is 0.490 e. The van der Waals surface area contributed by atoms with Crippen molar-refractivity contribution in [3.05, 3.63) is 0 Å². The van der Waals surface area contributed by atoms with Crippen LogP contribution in [0.15, 0.2) is 0 Å². The number of aldehydes is 1. The number of aliphatic carboxylic acids is 1. The number of ketones is 1. The van der Waals surface area contributed by atoms with Gasteiger partial charge in [0.05, 0.1) is 6.42 Å². The van der Waals surface area contributed by atoms with Gasteiger partial charge >= 0.3 is 12.1 Å². The van der Waals surface area contributed by atoms with Gasteiger partial charge in [-0.25, -0.2) is 4.79 Å². The first-order valence-electron chi connectivity index (χ1n) is 5.51. The van der Waals surface area contributed by atoms with Gasteiger partial charge in [-0.2, -0.15) is 13.2 Å². The molecule has 0 aromatic heterocycles. The van der Waals surface area contributed by atoms with E-state index in [2.05, 4.69) is 6.92 Å². The molecule has 0 saturated carbocycles. The molecule has 106 valence electrons. The number of hydrogen-bond acceptors (Lipinski definition) is 3. The summed E-state index contributed by atoms with van der Waals surface area (Å²) >= 11 is 0. The van der Waals surface area contributed by atoms with Crippen LogP contribution in [0.5, 0.6) is 0 Å². The summed E-state index contributed by atoms with van der Waals surface area (Å²) in [6.07, 6.45) is 0.713. The van der Waals surface area contributed by atoms with E-state index in [0.717, 1.165) is 12.8 Å². The predicted molar refractivity (Wildman–Crippen MR) is 58.1 cm³/mol. The van der Waals surface area contributed by atoms with Gasteiger partial charge in [-0.05, 0) is 6.42 Å². The molecule has 0 aromatic carbocycles. The minimum absolute atomic E-state index is 0.0797. The third-order valence-corrected chi connectivity index (χ3v) is 1.86. The minimum Gasteiger partial charge on any atom is -0.475 e. The monoisotopic (exact) mass is 270 g/mol. The SMILES string of the molecule is CCCCCCC(=O)CC=O.O=C(O)C(F)(F)F. The Hall–Kier alpha value is -1.40. The van der Waals surface area contributed by atoms with Gasteiger partial charge in [-0.3, -0.25) is 4.79 Å². The summed E-state index contributed by atoms with van der Waals surface area (Å²) in [5, 5.41) is 7.12. The second-order valence-corrected chi connectivity index (χ2v) is 3.52. The molecule has 0 saturated heterocycles. The Morgan fingerprint density at radius 3 is 2.00 bits per heavy atom. The Kier molecular flexibility index (Phi) is 11.3. The number of rotatable bonds is 7. The Balaban J connectivity index is 0. The van der Waals surface area contributed by atoms with Crippen molar-refractivity contribution >= 4 is 18.0 Å². The Labute approximate surface area is 103 Å². The van der Waals surface area contributed by atoms with E-state index in [9.17, 15) is 22.8 Å². The fourth-order valence-corrected chi connectivity index (χ4v) is 0.944. The number of carbonyl (C=O) groups is 3. The van der Waals surface area contributed by atoms with Gasteiger partial charge in [0.25, 0.3) is 0 Å². The van der Waals surface area contributed by atoms with Crippen molar-refractivity contribution in [2.24, 2.45) is 0 Å². The van der Waals surface area contributed by atoms with Crippen LogP contribution in [0.2, 0.25) is 0 Å². The zero-order valence-corrected chi connectivity index (χ0v) is 10.1. The van der Waals surface area contributed by atoms with Crippen LogP contribution in [0.25, 0.3) is 0 Å². The molecule has 0 fully saturated rings. The van der Waals surface area contributed by atoms with E-state index < -0.39 is 12.1 Å². The first kappa shape index (κ1) is 19.0. The molecule has 0 radical (unpaired) electrons. The number of carboxylic acid groups (broad SMARTS) is 1. The number of alkyl halides is 3. The molecular weight excluding hydrogens is 253 g/mol. The molecule has 0 amide bonds. The van der Waals surface area contributed by atoms with Crippen LogP contribution in [-0.4, -0.2) is 29.3 Å². The van der Waals surface area contributed by atoms with Gasteiger partial charge < -0.3 is 9.90 Å². The largest absolute Gasteiger partial charge is 0.490 e. The number of halogens is 3. The molecule has 7 heteroatoms. The normalized spacial score (nSPS) is 10.2. The lowest BCUT2D eigenvalue weighted by Gasteiger charge is -1.95. The van der Waals surface area contributed by atoms with E-state index in [1.54, 1.807) is 0 Å². The van der Waals surface area contributed by atoms with Crippen LogP contribution in [0.4, 0.5) is 13.2 Å². The van der Waals surface area contributed by atoms with Crippen molar-refractivity contribution in [2.75, 3.05) is 0 Å². The molecule has 0 atom stereocenters. The molecule has 0 heterocycles. The highest BCUT2D eigenvalue weighted by atomic mass is 19.4. The van der Waals surface area contributed by atoms with Crippen LogP contribution in [-0.2, 0) is 14.4 Å². The second kappa shape index (κ2) is 10.7. The molecule has 0 aromatic rings. The summed E-state index contributed by atoms with van der Waals surface area (Å²) < 4.78 is 31.7. The summed E-state index contributed by atoms with van der Waals surface area (Å²) in [4.78, 5) is 29.6. The minimum atomic E-state index is -5.08. The van der Waals surface area contributed by atoms with Crippen LogP contribution in [0.3, 0.4) is 0 Å². The van der Waals surface area contributed by atoms with Gasteiger partial charge in [-0.15, -0.1) is 0 Å². The fraction of sp³-hybridized carbons (Fsp3) is 0.727. The number of carboxylic acids is 1. The lowest BCUT2D eigenvalue weighted by Crippen LogP contribution is -2.21. The van der Waals surface area contributed by atoms with Crippen LogP contribution in [0.1, 0.15) is 45.4 Å². The molecule has 0 spiro atoms. The smallest absolute Gasteiger partial charge is 0.475 e. The molecule has 0 aliphatic rings. The third-order valence-electron chi connectivity index (χ3n) is 1.86. The van der Waals surface area contributed by atoms with Crippen molar-refractivity contribution in [3.8, 4) is 0 Å². The van der Waals surface area contributed by atoms with Gasteiger partial charge in [0.15, 0.2) is 0 Å². The Bertz CT molecular complexity index is 262. The molecule has 0 rings (SSSR count). The summed E-state index contributed by atoms with van der Waals surface area (Å²) in [6.45, 7) is 2.13. The van der Waals surface area contributed by atoms with Crippen LogP contribution >= 0.6 is 0 Å². The summed E-state index contributed by atoms with van der Waals surface area (Å²) in [7, 11) is 0. The molecule has 1 N–H and O–H groups in total. The topological polar surface area (TPSA) is 71.4 Å². The van der Waals surface area contributed by atoms with E-state index in [1.807, 2.05) is 0 Å². The number of hydrogen-bond donors (Lipinski definition) is 1. The highest BCUT2D eigenvalue weighted by Crippen LogP contribution is 2.13. The zero-order valence-electron chi connectivity index (χ0n) is 10.1. The maximum absolute atomic E-state index is 10.8. The summed E-state index contributed by atoms with van der Waals surface area (Å²) in [5.74, 6) is -2.68. The molecule has 4 nitrogen and oxygen atoms in total. The zero-order chi connectivity index (χ0) is 14.6. The molecular formula is C11H17F3O4. The summed E-state index contributed by atoms with van der Waals surface area (Å²) in [6, 6.07) is 0. The van der Waals surface area contributed by atoms with Crippen LogP contribution < -0.4 is 0 Å². The van der Waals surface area contributed by atoms with E-state index in [-0.39, 0.29) is 12.2 Å². The number of carbonyl (C=O) groups excluding carboxylic acids is 2. The van der Waals surface area contributed by atoms with Gasteiger partial charge in [-0.1, -0.05) is 26.2 Å². The van der Waals surface area contributed by atoms with E-state index >= 15 is 0 Å². The van der Waals surface area contributed by atoms with Crippen molar-refractivity contribution in [3.63, 3.8) is 0 Å². The highest BCUT2D eigenvalue weighted by Gasteiger charge is 2.38. The first-order chi connectivity index (χ1) is 8.25. The predicted octanol–water partition coefficient (Wildman–Crippen LogP) is 2.75. The molecule has 0 bridgehead atoms. The lowest BCUT2D eigenvalue weighted by atomic mass is 10.1. The third kappa shape index (κ3) is 14.6. The van der Waals surface area contributed by atoms with Gasteiger partial charge in [0.1, 0.15) is 12.1 Å². The molecule has 0 unspecified atom stereocenters. The molecule has 0 aliphatic carbocycles. The van der Waals surface area contributed by atoms with Crippen molar-refractivity contribution in [2.45, 2.75) is 51.6 Å². The molecule has 0 aliphatic heterocycles. The van der Waals surface area contributed by atoms with E-state index in [1.165, 1.54) is 12.8 Å². The van der Waals surface area contributed by atoms with Gasteiger partial charge in [0.2, 0.25) is 0 Å². The van der Waals surface area contributed by atoms with Crippen molar-refractivity contribution < 1.29 is 32.7 Å². The standard InChI is InChI=1S/C9H16O2.C2HF3O2/c1-2-3-4-5-6-9(11)7-8-10;3-2(4,5)1(6)7/h8H,2-7H2,1H3;(H,6,7). The Morgan fingerprint density at radius 2 is 1.67 bits per heavy atom. The quantitative estimate of drug-likeness (QED) is 0.438. The lowest BCUT2D eigenvalue weighted by molar-refractivity contribution is -0.192. The fourth-order valence-electron chi connectivity index (χ4n) is 0.944. The number of Topliss-reactive ketones (excluding diaryl/α,β-unsaturated/α-hetero) is 1. The van der Waals surface area contributed by atoms with Gasteiger partial charge in [0, 0.05) is 6.42 Å². The van der Waals surface area contributed by atoms with Crippen LogP contribution in [0, 0.1) is 0 Å². The average Bonchev–Trinajstić information content (AvgIpc) is 2.24. The second-order valence-electron chi connectivity index (χ2n) is 3.52. The first-order valence-corrected chi connectivity index (χ1v) is 5.51. The van der Waals surface area contributed by atoms with Crippen molar-refractivity contribution in [1.29, 1.82) is 0 Å². The number of unbranched alkanes of at least 4 members (excludes halogenated alkanes) is 3. The average molecular weight is 270 g/mol. The summed E-state index contributed by atoms with van der Waals surface area (Å²) in [5.41, 5.74) is 0. The van der Waals surface area contributed by atoms with Crippen molar-refractivity contribution in [1.82, 2.24) is 0 Å².